The van der Waals surface area contributed by atoms with E-state index < -0.39 is 0 Å². The second kappa shape index (κ2) is 6.41. The van der Waals surface area contributed by atoms with E-state index in [1.54, 1.807) is 24.0 Å². The van der Waals surface area contributed by atoms with Gasteiger partial charge in [-0.1, -0.05) is 6.92 Å². The summed E-state index contributed by atoms with van der Waals surface area (Å²) in [4.78, 5) is 15.9. The normalized spacial score (nSPS) is 12.6. The molecule has 0 fully saturated rings. The van der Waals surface area contributed by atoms with Gasteiger partial charge in [-0.15, -0.1) is 23.4 Å². The van der Waals surface area contributed by atoms with Crippen LogP contribution in [-0.2, 0) is 0 Å². The molecule has 0 N–H and O–H groups in total. The van der Waals surface area contributed by atoms with Crippen molar-refractivity contribution < 1.29 is 4.92 Å². The molecule has 0 saturated carbocycles. The minimum absolute atomic E-state index is 0.0993. The summed E-state index contributed by atoms with van der Waals surface area (Å²) in [6.45, 7) is 3.97. The molecule has 4 nitrogen and oxygen atoms in total. The topological polar surface area (TPSA) is 56.0 Å². The Morgan fingerprint density at radius 3 is 2.85 bits per heavy atom. The van der Waals surface area contributed by atoms with Gasteiger partial charge in [0, 0.05) is 39.9 Å². The van der Waals surface area contributed by atoms with Crippen LogP contribution in [0.2, 0.25) is 0 Å². The number of nitrogens with zero attached hydrogens (tertiary/aromatic N) is 2. The second-order valence-electron chi connectivity index (χ2n) is 4.78. The first kappa shape index (κ1) is 15.1. The van der Waals surface area contributed by atoms with Crippen molar-refractivity contribution in [1.29, 1.82) is 0 Å². The SMILES string of the molecule is Cc1cc2c(SCC(C)CCl)ccc([N+](=O)[O-])c2cn1. The summed E-state index contributed by atoms with van der Waals surface area (Å²) in [5.74, 6) is 1.89. The monoisotopic (exact) mass is 310 g/mol. The zero-order chi connectivity index (χ0) is 14.7. The predicted octanol–water partition coefficient (Wildman–Crippen LogP) is 4.42. The summed E-state index contributed by atoms with van der Waals surface area (Å²) in [6, 6.07) is 5.26. The Balaban J connectivity index is 2.48. The Morgan fingerprint density at radius 2 is 2.20 bits per heavy atom. The Hall–Kier alpha value is -1.33. The third-order valence-corrected chi connectivity index (χ3v) is 4.89. The summed E-state index contributed by atoms with van der Waals surface area (Å²) >= 11 is 7.49. The zero-order valence-corrected chi connectivity index (χ0v) is 12.9. The van der Waals surface area contributed by atoms with Crippen LogP contribution in [0.3, 0.4) is 0 Å². The molecule has 0 spiro atoms. The summed E-state index contributed by atoms with van der Waals surface area (Å²) in [6.07, 6.45) is 1.58. The van der Waals surface area contributed by atoms with Crippen LogP contribution in [0.5, 0.6) is 0 Å². The molecule has 1 unspecified atom stereocenters. The average molecular weight is 311 g/mol. The van der Waals surface area contributed by atoms with Crippen molar-refractivity contribution in [3.8, 4) is 0 Å². The number of hydrogen-bond acceptors (Lipinski definition) is 4. The Kier molecular flexibility index (Phi) is 4.83. The number of nitro benzene ring substituents is 1. The number of benzene rings is 1. The molecule has 0 aliphatic carbocycles. The van der Waals surface area contributed by atoms with E-state index in [0.29, 0.717) is 17.2 Å². The van der Waals surface area contributed by atoms with E-state index in [2.05, 4.69) is 11.9 Å². The van der Waals surface area contributed by atoms with Gasteiger partial charge in [0.25, 0.3) is 5.69 Å². The van der Waals surface area contributed by atoms with Gasteiger partial charge in [0.2, 0.25) is 0 Å². The fraction of sp³-hybridized carbons (Fsp3) is 0.357. The molecule has 20 heavy (non-hydrogen) atoms. The highest BCUT2D eigenvalue weighted by Crippen LogP contribution is 2.34. The third kappa shape index (κ3) is 3.22. The summed E-state index contributed by atoms with van der Waals surface area (Å²) in [7, 11) is 0. The van der Waals surface area contributed by atoms with Crippen molar-refractivity contribution in [2.24, 2.45) is 5.92 Å². The van der Waals surface area contributed by atoms with Gasteiger partial charge in [-0.05, 0) is 25.0 Å². The maximum Gasteiger partial charge on any atom is 0.278 e. The Morgan fingerprint density at radius 1 is 1.45 bits per heavy atom. The standard InChI is InChI=1S/C14H15ClN2O2S/c1-9(6-15)8-20-14-4-3-13(17(18)19)12-7-16-10(2)5-11(12)14/h3-5,7,9H,6,8H2,1-2H3. The largest absolute Gasteiger partial charge is 0.278 e. The number of nitro groups is 1. The van der Waals surface area contributed by atoms with Crippen LogP contribution in [0.1, 0.15) is 12.6 Å². The fourth-order valence-corrected chi connectivity index (χ4v) is 3.17. The molecule has 106 valence electrons. The number of rotatable bonds is 5. The van der Waals surface area contributed by atoms with Gasteiger partial charge in [0.15, 0.2) is 0 Å². The number of pyridine rings is 1. The van der Waals surface area contributed by atoms with Gasteiger partial charge in [-0.3, -0.25) is 15.1 Å². The first-order chi connectivity index (χ1) is 9.52. The highest BCUT2D eigenvalue weighted by Gasteiger charge is 2.15. The van der Waals surface area contributed by atoms with Crippen LogP contribution in [0.25, 0.3) is 10.8 Å². The number of alkyl halides is 1. The number of fused-ring (bicyclic) bond motifs is 1. The van der Waals surface area contributed by atoms with Gasteiger partial charge >= 0.3 is 0 Å². The molecule has 0 amide bonds. The van der Waals surface area contributed by atoms with Gasteiger partial charge in [0.1, 0.15) is 0 Å². The van der Waals surface area contributed by atoms with Crippen LogP contribution in [0.15, 0.2) is 29.3 Å². The number of halogens is 1. The molecule has 1 aromatic carbocycles. The van der Waals surface area contributed by atoms with E-state index in [1.807, 2.05) is 19.1 Å². The van der Waals surface area contributed by atoms with Crippen molar-refractivity contribution in [3.63, 3.8) is 0 Å². The van der Waals surface area contributed by atoms with Crippen LogP contribution >= 0.6 is 23.4 Å². The second-order valence-corrected chi connectivity index (χ2v) is 6.15. The maximum absolute atomic E-state index is 11.1. The summed E-state index contributed by atoms with van der Waals surface area (Å²) < 4.78 is 0. The first-order valence-electron chi connectivity index (χ1n) is 6.25. The molecule has 0 aliphatic rings. The number of hydrogen-bond donors (Lipinski definition) is 0. The van der Waals surface area contributed by atoms with Crippen molar-refractivity contribution in [2.75, 3.05) is 11.6 Å². The fourth-order valence-electron chi connectivity index (χ4n) is 1.86. The number of aryl methyl sites for hydroxylation is 1. The minimum atomic E-state index is -0.366. The molecule has 1 aromatic heterocycles. The van der Waals surface area contributed by atoms with Gasteiger partial charge < -0.3 is 0 Å². The predicted molar refractivity (Wildman–Crippen MR) is 83.7 cm³/mol. The lowest BCUT2D eigenvalue weighted by Crippen LogP contribution is -1.99. The smallest absolute Gasteiger partial charge is 0.261 e. The van der Waals surface area contributed by atoms with Gasteiger partial charge in [-0.25, -0.2) is 0 Å². The van der Waals surface area contributed by atoms with E-state index in [9.17, 15) is 10.1 Å². The molecule has 1 heterocycles. The van der Waals surface area contributed by atoms with E-state index in [-0.39, 0.29) is 10.6 Å². The van der Waals surface area contributed by atoms with E-state index in [4.69, 9.17) is 11.6 Å². The van der Waals surface area contributed by atoms with Crippen molar-refractivity contribution in [1.82, 2.24) is 4.98 Å². The zero-order valence-electron chi connectivity index (χ0n) is 11.3. The molecule has 2 aromatic rings. The first-order valence-corrected chi connectivity index (χ1v) is 7.77. The lowest BCUT2D eigenvalue weighted by Gasteiger charge is -2.10. The van der Waals surface area contributed by atoms with Crippen molar-refractivity contribution in [3.05, 3.63) is 40.2 Å². The Labute approximate surface area is 126 Å². The lowest BCUT2D eigenvalue weighted by atomic mass is 10.1. The van der Waals surface area contributed by atoms with Crippen LogP contribution < -0.4 is 0 Å². The molecule has 0 radical (unpaired) electrons. The van der Waals surface area contributed by atoms with Crippen LogP contribution in [-0.4, -0.2) is 21.5 Å². The van der Waals surface area contributed by atoms with Crippen molar-refractivity contribution >= 4 is 39.8 Å². The third-order valence-electron chi connectivity index (χ3n) is 2.96. The average Bonchev–Trinajstić information content (AvgIpc) is 2.43. The number of thioether (sulfide) groups is 1. The Bertz CT molecular complexity index is 648. The number of aromatic nitrogens is 1. The minimum Gasteiger partial charge on any atom is -0.261 e. The van der Waals surface area contributed by atoms with E-state index in [0.717, 1.165) is 21.7 Å². The highest BCUT2D eigenvalue weighted by molar-refractivity contribution is 7.99. The van der Waals surface area contributed by atoms with E-state index >= 15 is 0 Å². The summed E-state index contributed by atoms with van der Waals surface area (Å²) in [5.41, 5.74) is 0.951. The molecular formula is C14H15ClN2O2S. The quantitative estimate of drug-likeness (QED) is 0.355. The van der Waals surface area contributed by atoms with E-state index in [1.165, 1.54) is 0 Å². The molecule has 0 aliphatic heterocycles. The van der Waals surface area contributed by atoms with Crippen LogP contribution in [0.4, 0.5) is 5.69 Å². The summed E-state index contributed by atoms with van der Waals surface area (Å²) in [5, 5.41) is 12.6. The van der Waals surface area contributed by atoms with Crippen LogP contribution in [0, 0.1) is 23.0 Å². The van der Waals surface area contributed by atoms with Gasteiger partial charge in [-0.2, -0.15) is 0 Å². The maximum atomic E-state index is 11.1. The van der Waals surface area contributed by atoms with Crippen molar-refractivity contribution in [2.45, 2.75) is 18.7 Å². The number of non-ortho nitro benzene ring substituents is 1. The highest BCUT2D eigenvalue weighted by atomic mass is 35.5. The molecule has 2 rings (SSSR count). The molecule has 0 saturated heterocycles. The molecule has 0 bridgehead atoms. The lowest BCUT2D eigenvalue weighted by molar-refractivity contribution is -0.383. The molecule has 1 atom stereocenters. The molecular weight excluding hydrogens is 296 g/mol. The van der Waals surface area contributed by atoms with Gasteiger partial charge in [0.05, 0.1) is 10.3 Å². The molecule has 6 heteroatoms.